The van der Waals surface area contributed by atoms with Crippen LogP contribution in [-0.4, -0.2) is 13.0 Å². The molecule has 0 aliphatic heterocycles. The van der Waals surface area contributed by atoms with Crippen molar-refractivity contribution < 1.29 is 14.3 Å². The van der Waals surface area contributed by atoms with E-state index >= 15 is 0 Å². The first-order valence-electron chi connectivity index (χ1n) is 10.1. The standard InChI is InChI=1S/C26H22Cl2N2O3/c1-16-4-9-23(17(2)10-16)30-26(31)20(14-29)11-19-12-22(28)25(24(13-19)32-3)33-15-18-5-7-21(27)8-6-18/h4-13H,15H2,1-3H3,(H,30,31)/b20-11+. The molecule has 0 aliphatic carbocycles. The van der Waals surface area contributed by atoms with Crippen molar-refractivity contribution in [3.8, 4) is 17.6 Å². The van der Waals surface area contributed by atoms with Crippen LogP contribution in [0.5, 0.6) is 11.5 Å². The van der Waals surface area contributed by atoms with Crippen molar-refractivity contribution >= 4 is 40.9 Å². The van der Waals surface area contributed by atoms with Crippen LogP contribution >= 0.6 is 23.2 Å². The molecular formula is C26H22Cl2N2O3. The average molecular weight is 481 g/mol. The van der Waals surface area contributed by atoms with Crippen molar-refractivity contribution in [2.75, 3.05) is 12.4 Å². The van der Waals surface area contributed by atoms with Gasteiger partial charge in [0, 0.05) is 10.7 Å². The van der Waals surface area contributed by atoms with Crippen LogP contribution in [0.1, 0.15) is 22.3 Å². The Morgan fingerprint density at radius 1 is 1.09 bits per heavy atom. The Balaban J connectivity index is 1.82. The minimum absolute atomic E-state index is 0.0667. The highest BCUT2D eigenvalue weighted by Gasteiger charge is 2.15. The van der Waals surface area contributed by atoms with Crippen molar-refractivity contribution in [3.63, 3.8) is 0 Å². The Kier molecular flexibility index (Phi) is 8.00. The van der Waals surface area contributed by atoms with Crippen LogP contribution in [0.2, 0.25) is 10.0 Å². The summed E-state index contributed by atoms with van der Waals surface area (Å²) in [5.74, 6) is 0.238. The lowest BCUT2D eigenvalue weighted by Gasteiger charge is -2.14. The number of ether oxygens (including phenoxy) is 2. The van der Waals surface area contributed by atoms with Crippen molar-refractivity contribution in [2.45, 2.75) is 20.5 Å². The van der Waals surface area contributed by atoms with Crippen LogP contribution in [-0.2, 0) is 11.4 Å². The number of benzene rings is 3. The van der Waals surface area contributed by atoms with Gasteiger partial charge < -0.3 is 14.8 Å². The Hall–Kier alpha value is -3.46. The molecule has 1 N–H and O–H groups in total. The summed E-state index contributed by atoms with van der Waals surface area (Å²) in [5.41, 5.74) is 4.02. The summed E-state index contributed by atoms with van der Waals surface area (Å²) in [6, 6.07) is 18.1. The summed E-state index contributed by atoms with van der Waals surface area (Å²) < 4.78 is 11.3. The molecule has 0 aliphatic rings. The maximum atomic E-state index is 12.7. The highest BCUT2D eigenvalue weighted by atomic mass is 35.5. The van der Waals surface area contributed by atoms with Gasteiger partial charge in [0.2, 0.25) is 0 Å². The van der Waals surface area contributed by atoms with E-state index in [1.165, 1.54) is 13.2 Å². The minimum Gasteiger partial charge on any atom is -0.493 e. The number of carbonyl (C=O) groups excluding carboxylic acids is 1. The molecule has 3 aromatic rings. The highest BCUT2D eigenvalue weighted by Crippen LogP contribution is 2.37. The third kappa shape index (κ3) is 6.29. The first kappa shape index (κ1) is 24.2. The number of methoxy groups -OCH3 is 1. The molecule has 3 aromatic carbocycles. The summed E-state index contributed by atoms with van der Waals surface area (Å²) >= 11 is 12.4. The van der Waals surface area contributed by atoms with E-state index < -0.39 is 5.91 Å². The molecule has 0 saturated heterocycles. The van der Waals surface area contributed by atoms with Crippen molar-refractivity contribution in [1.82, 2.24) is 0 Å². The van der Waals surface area contributed by atoms with Gasteiger partial charge in [-0.1, -0.05) is 53.0 Å². The Labute approximate surface area is 203 Å². The van der Waals surface area contributed by atoms with Gasteiger partial charge in [-0.05, 0) is 66.9 Å². The molecule has 0 aromatic heterocycles. The summed E-state index contributed by atoms with van der Waals surface area (Å²) in [4.78, 5) is 12.7. The summed E-state index contributed by atoms with van der Waals surface area (Å²) in [6.07, 6.45) is 1.45. The number of nitrogens with zero attached hydrogens (tertiary/aromatic N) is 1. The number of carbonyl (C=O) groups is 1. The molecule has 0 spiro atoms. The van der Waals surface area contributed by atoms with Crippen LogP contribution in [0.4, 0.5) is 5.69 Å². The molecule has 7 heteroatoms. The van der Waals surface area contributed by atoms with E-state index in [1.54, 1.807) is 24.3 Å². The molecule has 0 unspecified atom stereocenters. The quantitative estimate of drug-likeness (QED) is 0.300. The molecule has 33 heavy (non-hydrogen) atoms. The number of halogens is 2. The van der Waals surface area contributed by atoms with Crippen LogP contribution < -0.4 is 14.8 Å². The third-order valence-electron chi connectivity index (χ3n) is 4.85. The SMILES string of the molecule is COc1cc(/C=C(\C#N)C(=O)Nc2ccc(C)cc2C)cc(Cl)c1OCc1ccc(Cl)cc1. The van der Waals surface area contributed by atoms with Gasteiger partial charge in [-0.25, -0.2) is 0 Å². The zero-order valence-corrected chi connectivity index (χ0v) is 19.9. The van der Waals surface area contributed by atoms with E-state index in [1.807, 2.05) is 50.2 Å². The Morgan fingerprint density at radius 2 is 1.82 bits per heavy atom. The number of anilines is 1. The normalized spacial score (nSPS) is 11.0. The van der Waals surface area contributed by atoms with E-state index in [9.17, 15) is 10.1 Å². The molecule has 1 amide bonds. The lowest BCUT2D eigenvalue weighted by Crippen LogP contribution is -2.14. The maximum absolute atomic E-state index is 12.7. The summed E-state index contributed by atoms with van der Waals surface area (Å²) in [5, 5.41) is 13.3. The van der Waals surface area contributed by atoms with Gasteiger partial charge in [0.15, 0.2) is 11.5 Å². The fourth-order valence-corrected chi connectivity index (χ4v) is 3.56. The predicted molar refractivity (Wildman–Crippen MR) is 132 cm³/mol. The van der Waals surface area contributed by atoms with Crippen molar-refractivity contribution in [1.29, 1.82) is 5.26 Å². The molecule has 0 fully saturated rings. The molecule has 3 rings (SSSR count). The largest absolute Gasteiger partial charge is 0.493 e. The van der Waals surface area contributed by atoms with Crippen molar-refractivity contribution in [3.05, 3.63) is 92.5 Å². The lowest BCUT2D eigenvalue weighted by molar-refractivity contribution is -0.112. The van der Waals surface area contributed by atoms with E-state index in [0.29, 0.717) is 32.8 Å². The highest BCUT2D eigenvalue weighted by molar-refractivity contribution is 6.32. The molecule has 0 heterocycles. The van der Waals surface area contributed by atoms with Gasteiger partial charge in [0.1, 0.15) is 18.2 Å². The molecule has 0 saturated carbocycles. The zero-order chi connectivity index (χ0) is 24.0. The molecule has 0 atom stereocenters. The fourth-order valence-electron chi connectivity index (χ4n) is 3.16. The fraction of sp³-hybridized carbons (Fsp3) is 0.154. The second-order valence-electron chi connectivity index (χ2n) is 7.39. The van der Waals surface area contributed by atoms with Gasteiger partial charge >= 0.3 is 0 Å². The number of hydrogen-bond donors (Lipinski definition) is 1. The summed E-state index contributed by atoms with van der Waals surface area (Å²) in [7, 11) is 1.49. The van der Waals surface area contributed by atoms with Crippen LogP contribution in [0.25, 0.3) is 6.08 Å². The lowest BCUT2D eigenvalue weighted by atomic mass is 10.1. The van der Waals surface area contributed by atoms with Crippen LogP contribution in [0.15, 0.2) is 60.2 Å². The molecule has 0 bridgehead atoms. The smallest absolute Gasteiger partial charge is 0.266 e. The number of rotatable bonds is 7. The van der Waals surface area contributed by atoms with E-state index in [0.717, 1.165) is 16.7 Å². The maximum Gasteiger partial charge on any atom is 0.266 e. The topological polar surface area (TPSA) is 71.3 Å². The zero-order valence-electron chi connectivity index (χ0n) is 18.4. The number of aryl methyl sites for hydroxylation is 2. The number of nitrogens with one attached hydrogen (secondary N) is 1. The van der Waals surface area contributed by atoms with Crippen molar-refractivity contribution in [2.24, 2.45) is 0 Å². The van der Waals surface area contributed by atoms with Crippen LogP contribution in [0.3, 0.4) is 0 Å². The van der Waals surface area contributed by atoms with Gasteiger partial charge in [-0.15, -0.1) is 0 Å². The van der Waals surface area contributed by atoms with E-state index in [4.69, 9.17) is 32.7 Å². The van der Waals surface area contributed by atoms with E-state index in [2.05, 4.69) is 5.32 Å². The average Bonchev–Trinajstić information content (AvgIpc) is 2.79. The predicted octanol–water partition coefficient (Wildman–Crippen LogP) is 6.74. The van der Waals surface area contributed by atoms with E-state index in [-0.39, 0.29) is 12.2 Å². The number of amides is 1. The van der Waals surface area contributed by atoms with Gasteiger partial charge in [0.25, 0.3) is 5.91 Å². The van der Waals surface area contributed by atoms with Gasteiger partial charge in [0.05, 0.1) is 12.1 Å². The monoisotopic (exact) mass is 480 g/mol. The van der Waals surface area contributed by atoms with Crippen LogP contribution in [0, 0.1) is 25.2 Å². The number of nitriles is 1. The minimum atomic E-state index is -0.511. The Bertz CT molecular complexity index is 1250. The molecule has 5 nitrogen and oxygen atoms in total. The first-order valence-corrected chi connectivity index (χ1v) is 10.8. The second kappa shape index (κ2) is 10.9. The molecule has 168 valence electrons. The summed E-state index contributed by atoms with van der Waals surface area (Å²) in [6.45, 7) is 4.13. The molecule has 0 radical (unpaired) electrons. The van der Waals surface area contributed by atoms with Gasteiger partial charge in [-0.3, -0.25) is 4.79 Å². The van der Waals surface area contributed by atoms with Gasteiger partial charge in [-0.2, -0.15) is 5.26 Å². The third-order valence-corrected chi connectivity index (χ3v) is 5.39. The number of hydrogen-bond acceptors (Lipinski definition) is 4. The Morgan fingerprint density at radius 3 is 2.45 bits per heavy atom. The molecular weight excluding hydrogens is 459 g/mol. The second-order valence-corrected chi connectivity index (χ2v) is 8.24. The first-order chi connectivity index (χ1) is 15.8.